The monoisotopic (exact) mass is 453 g/mol. The van der Waals surface area contributed by atoms with E-state index in [2.05, 4.69) is 10.5 Å². The van der Waals surface area contributed by atoms with E-state index in [4.69, 9.17) is 46.4 Å². The highest BCUT2D eigenvalue weighted by atomic mass is 35.5. The number of carbonyl (C=O) groups is 1. The Hall–Kier alpha value is -1.98. The normalized spacial score (nSPS) is 11.2. The van der Waals surface area contributed by atoms with Crippen molar-refractivity contribution >= 4 is 58.5 Å². The Balaban J connectivity index is 1.82. The van der Waals surface area contributed by atoms with Crippen molar-refractivity contribution < 1.29 is 4.79 Å². The van der Waals surface area contributed by atoms with Gasteiger partial charge in [0.05, 0.1) is 27.5 Å². The van der Waals surface area contributed by atoms with Crippen molar-refractivity contribution in [2.45, 2.75) is 13.8 Å². The summed E-state index contributed by atoms with van der Waals surface area (Å²) < 4.78 is 2.00. The molecule has 0 unspecified atom stereocenters. The predicted molar refractivity (Wildman–Crippen MR) is 117 cm³/mol. The van der Waals surface area contributed by atoms with Crippen LogP contribution in [0.1, 0.15) is 27.3 Å². The van der Waals surface area contributed by atoms with E-state index in [-0.39, 0.29) is 5.02 Å². The summed E-state index contributed by atoms with van der Waals surface area (Å²) in [5, 5.41) is 5.88. The summed E-state index contributed by atoms with van der Waals surface area (Å²) in [6, 6.07) is 11.9. The zero-order valence-corrected chi connectivity index (χ0v) is 18.0. The van der Waals surface area contributed by atoms with Crippen molar-refractivity contribution in [2.75, 3.05) is 0 Å². The van der Waals surface area contributed by atoms with Gasteiger partial charge in [0.25, 0.3) is 5.91 Å². The Morgan fingerprint density at radius 1 is 0.964 bits per heavy atom. The first-order chi connectivity index (χ1) is 13.3. The highest BCUT2D eigenvalue weighted by molar-refractivity contribution is 6.37. The number of rotatable bonds is 4. The molecule has 0 aliphatic rings. The molecule has 28 heavy (non-hydrogen) atoms. The van der Waals surface area contributed by atoms with Gasteiger partial charge < -0.3 is 4.57 Å². The van der Waals surface area contributed by atoms with Crippen LogP contribution < -0.4 is 5.43 Å². The molecule has 0 bridgehead atoms. The van der Waals surface area contributed by atoms with Gasteiger partial charge in [-0.15, -0.1) is 0 Å². The largest absolute Gasteiger partial charge is 0.316 e. The summed E-state index contributed by atoms with van der Waals surface area (Å²) in [7, 11) is 0. The van der Waals surface area contributed by atoms with Crippen LogP contribution in [0.5, 0.6) is 0 Å². The molecular weight excluding hydrogens is 440 g/mol. The Kier molecular flexibility index (Phi) is 6.36. The number of hydrogen-bond donors (Lipinski definition) is 1. The van der Waals surface area contributed by atoms with Crippen LogP contribution in [0, 0.1) is 13.8 Å². The number of halogens is 4. The number of aromatic nitrogens is 1. The van der Waals surface area contributed by atoms with E-state index in [1.54, 1.807) is 30.5 Å². The zero-order chi connectivity index (χ0) is 20.4. The molecule has 0 atom stereocenters. The van der Waals surface area contributed by atoms with E-state index in [9.17, 15) is 4.79 Å². The maximum atomic E-state index is 12.2. The molecular formula is C20H15Cl4N3O. The number of benzene rings is 2. The van der Waals surface area contributed by atoms with Gasteiger partial charge in [-0.1, -0.05) is 46.4 Å². The van der Waals surface area contributed by atoms with Crippen LogP contribution in [0.15, 0.2) is 47.6 Å². The highest BCUT2D eigenvalue weighted by Gasteiger charge is 2.13. The lowest BCUT2D eigenvalue weighted by Gasteiger charge is -2.11. The quantitative estimate of drug-likeness (QED) is 0.356. The molecule has 144 valence electrons. The van der Waals surface area contributed by atoms with Gasteiger partial charge >= 0.3 is 0 Å². The number of aryl methyl sites for hydroxylation is 1. The zero-order valence-electron chi connectivity index (χ0n) is 14.9. The Morgan fingerprint density at radius 2 is 1.61 bits per heavy atom. The van der Waals surface area contributed by atoms with Crippen molar-refractivity contribution in [3.63, 3.8) is 0 Å². The van der Waals surface area contributed by atoms with Crippen molar-refractivity contribution in [3.8, 4) is 5.69 Å². The first kappa shape index (κ1) is 20.7. The van der Waals surface area contributed by atoms with Gasteiger partial charge in [0, 0.05) is 27.0 Å². The molecule has 0 aliphatic carbocycles. The van der Waals surface area contributed by atoms with Crippen LogP contribution >= 0.6 is 46.4 Å². The minimum Gasteiger partial charge on any atom is -0.316 e. The van der Waals surface area contributed by atoms with E-state index in [1.165, 1.54) is 6.07 Å². The van der Waals surface area contributed by atoms with Crippen molar-refractivity contribution in [3.05, 3.63) is 85.1 Å². The second kappa shape index (κ2) is 8.58. The fourth-order valence-electron chi connectivity index (χ4n) is 2.85. The molecule has 0 aliphatic heterocycles. The second-order valence-corrected chi connectivity index (χ2v) is 7.77. The smallest absolute Gasteiger partial charge is 0.272 e. The van der Waals surface area contributed by atoms with Crippen molar-refractivity contribution in [2.24, 2.45) is 5.10 Å². The summed E-state index contributed by atoms with van der Waals surface area (Å²) in [5.41, 5.74) is 6.31. The van der Waals surface area contributed by atoms with Crippen molar-refractivity contribution in [1.82, 2.24) is 9.99 Å². The van der Waals surface area contributed by atoms with E-state index < -0.39 is 5.91 Å². The first-order valence-electron chi connectivity index (χ1n) is 8.20. The number of nitrogens with zero attached hydrogens (tertiary/aromatic N) is 2. The Morgan fingerprint density at radius 3 is 2.25 bits per heavy atom. The molecule has 1 N–H and O–H groups in total. The average Bonchev–Trinajstić information content (AvgIpc) is 2.89. The lowest BCUT2D eigenvalue weighted by atomic mass is 10.2. The maximum Gasteiger partial charge on any atom is 0.272 e. The molecule has 1 aromatic heterocycles. The molecule has 0 spiro atoms. The van der Waals surface area contributed by atoms with E-state index in [0.717, 1.165) is 22.6 Å². The van der Waals surface area contributed by atoms with Gasteiger partial charge in [0.2, 0.25) is 0 Å². The molecule has 1 heterocycles. The number of nitrogens with one attached hydrogen (secondary N) is 1. The topological polar surface area (TPSA) is 46.4 Å². The lowest BCUT2D eigenvalue weighted by Crippen LogP contribution is -2.18. The summed E-state index contributed by atoms with van der Waals surface area (Å²) in [5.74, 6) is -0.424. The van der Waals surface area contributed by atoms with Gasteiger partial charge in [-0.3, -0.25) is 4.79 Å². The van der Waals surface area contributed by atoms with Crippen LogP contribution in [-0.2, 0) is 0 Å². The Bertz CT molecular complexity index is 1090. The Labute approximate surface area is 182 Å². The number of hydrogen-bond acceptors (Lipinski definition) is 2. The third kappa shape index (κ3) is 4.36. The number of hydrazone groups is 1. The van der Waals surface area contributed by atoms with Gasteiger partial charge in [-0.05, 0) is 56.3 Å². The molecule has 3 aromatic rings. The minimum absolute atomic E-state index is 0.260. The van der Waals surface area contributed by atoms with Crippen LogP contribution in [-0.4, -0.2) is 16.7 Å². The predicted octanol–water partition coefficient (Wildman–Crippen LogP) is 6.47. The number of amides is 1. The first-order valence-corrected chi connectivity index (χ1v) is 9.72. The fraction of sp³-hybridized carbons (Fsp3) is 0.100. The summed E-state index contributed by atoms with van der Waals surface area (Å²) in [6.07, 6.45) is 1.57. The molecule has 8 heteroatoms. The molecule has 0 radical (unpaired) electrons. The van der Waals surface area contributed by atoms with E-state index in [0.29, 0.717) is 20.6 Å². The standard InChI is InChI=1S/C20H15Cl4N3O/c1-11-7-13(12(2)27(11)19-6-4-15(22)9-18(19)24)10-25-26-20(28)16-5-3-14(21)8-17(16)23/h3-10H,1-2H3,(H,26,28)/b25-10-. The van der Waals surface area contributed by atoms with Gasteiger partial charge in [-0.2, -0.15) is 5.10 Å². The van der Waals surface area contributed by atoms with Crippen LogP contribution in [0.2, 0.25) is 20.1 Å². The average molecular weight is 455 g/mol. The van der Waals surface area contributed by atoms with Gasteiger partial charge in [0.15, 0.2) is 0 Å². The molecule has 2 aromatic carbocycles. The SMILES string of the molecule is Cc1cc(/C=N\NC(=O)c2ccc(Cl)cc2Cl)c(C)n1-c1ccc(Cl)cc1Cl. The van der Waals surface area contributed by atoms with Gasteiger partial charge in [-0.25, -0.2) is 5.43 Å². The summed E-state index contributed by atoms with van der Waals surface area (Å²) >= 11 is 24.2. The molecule has 0 saturated carbocycles. The highest BCUT2D eigenvalue weighted by Crippen LogP contribution is 2.28. The van der Waals surface area contributed by atoms with E-state index >= 15 is 0 Å². The fourth-order valence-corrected chi connectivity index (χ4v) is 3.83. The summed E-state index contributed by atoms with van der Waals surface area (Å²) in [4.78, 5) is 12.2. The molecule has 0 fully saturated rings. The maximum absolute atomic E-state index is 12.2. The summed E-state index contributed by atoms with van der Waals surface area (Å²) in [6.45, 7) is 3.90. The van der Waals surface area contributed by atoms with Crippen LogP contribution in [0.25, 0.3) is 5.69 Å². The van der Waals surface area contributed by atoms with Crippen molar-refractivity contribution in [1.29, 1.82) is 0 Å². The third-order valence-corrected chi connectivity index (χ3v) is 5.25. The minimum atomic E-state index is -0.424. The third-order valence-electron chi connectivity index (χ3n) is 4.17. The lowest BCUT2D eigenvalue weighted by molar-refractivity contribution is 0.0955. The van der Waals surface area contributed by atoms with Crippen LogP contribution in [0.3, 0.4) is 0 Å². The van der Waals surface area contributed by atoms with Gasteiger partial charge in [0.1, 0.15) is 0 Å². The molecule has 1 amide bonds. The number of carbonyl (C=O) groups excluding carboxylic acids is 1. The molecule has 0 saturated heterocycles. The van der Waals surface area contributed by atoms with Crippen LogP contribution in [0.4, 0.5) is 0 Å². The molecule has 4 nitrogen and oxygen atoms in total. The second-order valence-electron chi connectivity index (χ2n) is 6.08. The van der Waals surface area contributed by atoms with E-state index in [1.807, 2.05) is 30.5 Å². The molecule has 3 rings (SSSR count).